The minimum Gasteiger partial charge on any atom is -0.486 e. The maximum atomic E-state index is 13.3. The number of ether oxygens (including phenoxy) is 2. The Labute approximate surface area is 156 Å². The molecule has 2 heterocycles. The Kier molecular flexibility index (Phi) is 4.62. The molecule has 0 saturated heterocycles. The molecule has 1 aliphatic heterocycles. The summed E-state index contributed by atoms with van der Waals surface area (Å²) in [4.78, 5) is 12.9. The molecule has 1 saturated carbocycles. The molecule has 26 heavy (non-hydrogen) atoms. The third-order valence-electron chi connectivity index (χ3n) is 4.49. The van der Waals surface area contributed by atoms with E-state index in [1.165, 1.54) is 23.5 Å². The number of nitrogens with one attached hydrogen (secondary N) is 1. The molecule has 1 fully saturated rings. The number of rotatable bonds is 6. The molecule has 2 aromatic rings. The van der Waals surface area contributed by atoms with Crippen LogP contribution in [0.15, 0.2) is 40.6 Å². The second-order valence-corrected chi connectivity index (χ2v) is 9.48. The zero-order valence-corrected chi connectivity index (χ0v) is 15.6. The lowest BCUT2D eigenvalue weighted by Crippen LogP contribution is -2.32. The number of hydrogen-bond donors (Lipinski definition) is 1. The van der Waals surface area contributed by atoms with Gasteiger partial charge in [-0.05, 0) is 36.4 Å². The van der Waals surface area contributed by atoms with E-state index < -0.39 is 15.1 Å². The van der Waals surface area contributed by atoms with Gasteiger partial charge in [0.25, 0.3) is 0 Å². The van der Waals surface area contributed by atoms with Gasteiger partial charge in [-0.2, -0.15) is 0 Å². The quantitative estimate of drug-likeness (QED) is 0.816. The highest BCUT2D eigenvalue weighted by Crippen LogP contribution is 2.37. The first kappa shape index (κ1) is 17.4. The highest BCUT2D eigenvalue weighted by molar-refractivity contribution is 7.91. The van der Waals surface area contributed by atoms with E-state index in [1.54, 1.807) is 12.1 Å². The number of amides is 1. The lowest BCUT2D eigenvalue weighted by atomic mass is 10.3. The van der Waals surface area contributed by atoms with Gasteiger partial charge in [0, 0.05) is 23.4 Å². The van der Waals surface area contributed by atoms with Crippen molar-refractivity contribution in [3.05, 3.63) is 40.6 Å². The lowest BCUT2D eigenvalue weighted by Gasteiger charge is -2.21. The molecule has 4 rings (SSSR count). The maximum absolute atomic E-state index is 13.3. The zero-order valence-electron chi connectivity index (χ0n) is 14.0. The van der Waals surface area contributed by atoms with Crippen LogP contribution in [-0.4, -0.2) is 34.1 Å². The average Bonchev–Trinajstić information content (AvgIpc) is 3.37. The Hall–Kier alpha value is -2.06. The minimum atomic E-state index is -3.70. The summed E-state index contributed by atoms with van der Waals surface area (Å²) in [5.74, 6) is 0.953. The second kappa shape index (κ2) is 6.92. The summed E-state index contributed by atoms with van der Waals surface area (Å²) in [6.07, 6.45) is 1.76. The summed E-state index contributed by atoms with van der Waals surface area (Å²) in [6.45, 7) is 0.902. The third kappa shape index (κ3) is 3.43. The summed E-state index contributed by atoms with van der Waals surface area (Å²) in [7, 11) is -3.70. The summed E-state index contributed by atoms with van der Waals surface area (Å²) in [5.41, 5.74) is 0. The molecule has 1 amide bonds. The molecule has 1 N–H and O–H groups in total. The number of carbonyl (C=O) groups excluding carboxylic acids is 1. The van der Waals surface area contributed by atoms with Crippen molar-refractivity contribution in [2.75, 3.05) is 19.8 Å². The van der Waals surface area contributed by atoms with Crippen LogP contribution in [0.4, 0.5) is 0 Å². The number of thiophene rings is 1. The summed E-state index contributed by atoms with van der Waals surface area (Å²) in [6, 6.07) is 8.26. The predicted octanol–water partition coefficient (Wildman–Crippen LogP) is 2.56. The standard InChI is InChI=1S/C18H19NO5S2/c20-18(12-3-4-12)19-11-17(16-2-1-9-25-16)26(21,22)13-5-6-14-15(10-13)24-8-7-23-14/h1-2,5-6,9-10,12,17H,3-4,7-8,11H2,(H,19,20)/t17-/m1/s1. The van der Waals surface area contributed by atoms with Crippen LogP contribution >= 0.6 is 11.3 Å². The molecule has 0 radical (unpaired) electrons. The van der Waals surface area contributed by atoms with Crippen LogP contribution in [0.3, 0.4) is 0 Å². The normalized spacial score (nSPS) is 17.5. The molecule has 1 aromatic heterocycles. The second-order valence-electron chi connectivity index (χ2n) is 6.37. The van der Waals surface area contributed by atoms with E-state index in [0.717, 1.165) is 12.8 Å². The van der Waals surface area contributed by atoms with Crippen LogP contribution in [0.2, 0.25) is 0 Å². The van der Waals surface area contributed by atoms with Gasteiger partial charge in [-0.1, -0.05) is 6.07 Å². The van der Waals surface area contributed by atoms with Crippen molar-refractivity contribution in [3.8, 4) is 11.5 Å². The van der Waals surface area contributed by atoms with Gasteiger partial charge in [0.2, 0.25) is 5.91 Å². The number of benzene rings is 1. The van der Waals surface area contributed by atoms with E-state index in [-0.39, 0.29) is 23.3 Å². The van der Waals surface area contributed by atoms with Crippen molar-refractivity contribution >= 4 is 27.1 Å². The molecule has 8 heteroatoms. The Morgan fingerprint density at radius 1 is 1.19 bits per heavy atom. The molecule has 1 aromatic carbocycles. The van der Waals surface area contributed by atoms with E-state index in [2.05, 4.69) is 5.32 Å². The highest BCUT2D eigenvalue weighted by atomic mass is 32.2. The van der Waals surface area contributed by atoms with Gasteiger partial charge < -0.3 is 14.8 Å². The maximum Gasteiger partial charge on any atom is 0.223 e. The smallest absolute Gasteiger partial charge is 0.223 e. The van der Waals surface area contributed by atoms with Gasteiger partial charge in [-0.25, -0.2) is 8.42 Å². The number of sulfone groups is 1. The Bertz CT molecular complexity index is 904. The van der Waals surface area contributed by atoms with E-state index in [0.29, 0.717) is 29.6 Å². The predicted molar refractivity (Wildman–Crippen MR) is 97.4 cm³/mol. The van der Waals surface area contributed by atoms with E-state index >= 15 is 0 Å². The minimum absolute atomic E-state index is 0.0379. The van der Waals surface area contributed by atoms with E-state index in [4.69, 9.17) is 9.47 Å². The van der Waals surface area contributed by atoms with Gasteiger partial charge in [-0.15, -0.1) is 11.3 Å². The number of hydrogen-bond acceptors (Lipinski definition) is 6. The van der Waals surface area contributed by atoms with Crippen molar-refractivity contribution in [3.63, 3.8) is 0 Å². The topological polar surface area (TPSA) is 81.7 Å². The van der Waals surface area contributed by atoms with Gasteiger partial charge in [0.1, 0.15) is 18.5 Å². The molecule has 1 atom stereocenters. The third-order valence-corrected chi connectivity index (χ3v) is 7.70. The molecule has 6 nitrogen and oxygen atoms in total. The molecular formula is C18H19NO5S2. The van der Waals surface area contributed by atoms with Gasteiger partial charge in [0.05, 0.1) is 4.90 Å². The van der Waals surface area contributed by atoms with Crippen molar-refractivity contribution in [2.24, 2.45) is 5.92 Å². The largest absolute Gasteiger partial charge is 0.486 e. The number of carbonyl (C=O) groups is 1. The van der Waals surface area contributed by atoms with Crippen molar-refractivity contribution in [1.29, 1.82) is 0 Å². The van der Waals surface area contributed by atoms with Gasteiger partial charge in [0.15, 0.2) is 21.3 Å². The molecular weight excluding hydrogens is 374 g/mol. The Morgan fingerprint density at radius 2 is 1.96 bits per heavy atom. The number of fused-ring (bicyclic) bond motifs is 1. The molecule has 0 unspecified atom stereocenters. The Balaban J connectivity index is 1.63. The first-order chi connectivity index (χ1) is 12.6. The lowest BCUT2D eigenvalue weighted by molar-refractivity contribution is -0.122. The Morgan fingerprint density at radius 3 is 2.65 bits per heavy atom. The fourth-order valence-corrected chi connectivity index (χ4v) is 5.68. The van der Waals surface area contributed by atoms with Crippen LogP contribution in [-0.2, 0) is 14.6 Å². The van der Waals surface area contributed by atoms with Crippen molar-refractivity contribution in [1.82, 2.24) is 5.32 Å². The van der Waals surface area contributed by atoms with Crippen molar-refractivity contribution in [2.45, 2.75) is 23.0 Å². The molecule has 1 aliphatic carbocycles. The SMILES string of the molecule is O=C(NC[C@H](c1cccs1)S(=O)(=O)c1ccc2c(c1)OCCO2)C1CC1. The zero-order chi connectivity index (χ0) is 18.1. The van der Waals surface area contributed by atoms with Crippen LogP contribution in [0, 0.1) is 5.92 Å². The van der Waals surface area contributed by atoms with E-state index in [9.17, 15) is 13.2 Å². The fraction of sp³-hybridized carbons (Fsp3) is 0.389. The van der Waals surface area contributed by atoms with Crippen molar-refractivity contribution < 1.29 is 22.7 Å². The van der Waals surface area contributed by atoms with Crippen LogP contribution < -0.4 is 14.8 Å². The van der Waals surface area contributed by atoms with Gasteiger partial charge in [-0.3, -0.25) is 4.79 Å². The van der Waals surface area contributed by atoms with Crippen LogP contribution in [0.25, 0.3) is 0 Å². The first-order valence-electron chi connectivity index (χ1n) is 8.50. The molecule has 2 aliphatic rings. The monoisotopic (exact) mass is 393 g/mol. The van der Waals surface area contributed by atoms with Crippen LogP contribution in [0.5, 0.6) is 11.5 Å². The summed E-state index contributed by atoms with van der Waals surface area (Å²) < 4.78 is 37.5. The first-order valence-corrected chi connectivity index (χ1v) is 10.9. The van der Waals surface area contributed by atoms with Gasteiger partial charge >= 0.3 is 0 Å². The molecule has 138 valence electrons. The average molecular weight is 393 g/mol. The fourth-order valence-electron chi connectivity index (χ4n) is 2.89. The van der Waals surface area contributed by atoms with Crippen LogP contribution in [0.1, 0.15) is 23.0 Å². The summed E-state index contributed by atoms with van der Waals surface area (Å²) in [5, 5.41) is 3.82. The summed E-state index contributed by atoms with van der Waals surface area (Å²) >= 11 is 1.37. The van der Waals surface area contributed by atoms with E-state index in [1.807, 2.05) is 11.4 Å². The molecule has 0 bridgehead atoms. The molecule has 0 spiro atoms. The highest BCUT2D eigenvalue weighted by Gasteiger charge is 2.34.